The lowest BCUT2D eigenvalue weighted by Gasteiger charge is -2.33. The number of aryl methyl sites for hydroxylation is 1. The van der Waals surface area contributed by atoms with E-state index in [0.717, 1.165) is 21.9 Å². The molecule has 0 aliphatic carbocycles. The molecule has 2 atom stereocenters. The average molecular weight is 600 g/mol. The van der Waals surface area contributed by atoms with Crippen LogP contribution in [0.2, 0.25) is 5.02 Å². The zero-order chi connectivity index (χ0) is 30.2. The molecule has 220 valence electrons. The van der Waals surface area contributed by atoms with E-state index in [1.807, 2.05) is 39.8 Å². The van der Waals surface area contributed by atoms with E-state index in [1.54, 1.807) is 43.5 Å². The first-order chi connectivity index (χ1) is 19.5. The molecule has 3 aromatic carbocycles. The van der Waals surface area contributed by atoms with Crippen LogP contribution in [0.25, 0.3) is 0 Å². The number of sulfonamides is 1. The Labute approximate surface area is 248 Å². The van der Waals surface area contributed by atoms with Crippen molar-refractivity contribution in [3.05, 3.63) is 88.9 Å². The van der Waals surface area contributed by atoms with Crippen LogP contribution in [0.3, 0.4) is 0 Å². The molecule has 10 heteroatoms. The van der Waals surface area contributed by atoms with E-state index in [4.69, 9.17) is 16.3 Å². The van der Waals surface area contributed by atoms with Gasteiger partial charge in [0.25, 0.3) is 10.0 Å². The topological polar surface area (TPSA) is 96.0 Å². The van der Waals surface area contributed by atoms with E-state index in [1.165, 1.54) is 29.2 Å². The van der Waals surface area contributed by atoms with Crippen molar-refractivity contribution in [2.45, 2.75) is 64.1 Å². The van der Waals surface area contributed by atoms with Crippen molar-refractivity contribution in [2.75, 3.05) is 18.0 Å². The number of nitrogens with zero attached hydrogens (tertiary/aromatic N) is 2. The summed E-state index contributed by atoms with van der Waals surface area (Å²) in [4.78, 5) is 28.9. The number of nitrogens with one attached hydrogen (secondary N) is 1. The van der Waals surface area contributed by atoms with Crippen LogP contribution in [0.4, 0.5) is 5.69 Å². The predicted octanol–water partition coefficient (Wildman–Crippen LogP) is 5.57. The number of methoxy groups -OCH3 is 1. The number of ether oxygens (including phenoxy) is 1. The number of carbonyl (C=O) groups is 2. The fraction of sp³-hybridized carbons (Fsp3) is 0.355. The smallest absolute Gasteiger partial charge is 0.264 e. The molecule has 8 nitrogen and oxygen atoms in total. The maximum absolute atomic E-state index is 14.1. The summed E-state index contributed by atoms with van der Waals surface area (Å²) >= 11 is 6.01. The molecule has 3 aromatic rings. The van der Waals surface area contributed by atoms with E-state index in [-0.39, 0.29) is 23.4 Å². The molecule has 0 aliphatic rings. The number of hydrogen-bond acceptors (Lipinski definition) is 5. The predicted molar refractivity (Wildman–Crippen MR) is 163 cm³/mol. The van der Waals surface area contributed by atoms with E-state index in [0.29, 0.717) is 22.9 Å². The minimum absolute atomic E-state index is 0.00136. The summed E-state index contributed by atoms with van der Waals surface area (Å²) in [5, 5.41) is 3.37. The van der Waals surface area contributed by atoms with Gasteiger partial charge < -0.3 is 15.0 Å². The third kappa shape index (κ3) is 8.24. The summed E-state index contributed by atoms with van der Waals surface area (Å²) in [6.45, 7) is 7.20. The molecule has 0 fully saturated rings. The van der Waals surface area contributed by atoms with Gasteiger partial charge in [-0.05, 0) is 80.8 Å². The molecule has 0 aliphatic heterocycles. The fourth-order valence-electron chi connectivity index (χ4n) is 4.26. The van der Waals surface area contributed by atoms with Gasteiger partial charge in [-0.25, -0.2) is 8.42 Å². The number of halogens is 1. The van der Waals surface area contributed by atoms with Gasteiger partial charge in [-0.2, -0.15) is 0 Å². The van der Waals surface area contributed by atoms with Crippen molar-refractivity contribution >= 4 is 39.1 Å². The van der Waals surface area contributed by atoms with Gasteiger partial charge in [0.1, 0.15) is 18.3 Å². The minimum atomic E-state index is -4.16. The largest absolute Gasteiger partial charge is 0.497 e. The van der Waals surface area contributed by atoms with Gasteiger partial charge in [-0.3, -0.25) is 13.9 Å². The van der Waals surface area contributed by atoms with Crippen LogP contribution in [-0.2, 0) is 26.2 Å². The first-order valence-corrected chi connectivity index (χ1v) is 15.4. The second kappa shape index (κ2) is 14.4. The maximum Gasteiger partial charge on any atom is 0.264 e. The average Bonchev–Trinajstić information content (AvgIpc) is 2.96. The van der Waals surface area contributed by atoms with E-state index in [2.05, 4.69) is 5.32 Å². The summed E-state index contributed by atoms with van der Waals surface area (Å²) in [6.07, 6.45) is 1.08. The SMILES string of the molecule is CC[C@@H](C)NC(=O)[C@@H](CC)N(Cc1ccc(OC)cc1)C(=O)CN(c1ccc(C)cc1)S(=O)(=O)c1ccc(Cl)cc1. The molecule has 3 rings (SSSR count). The highest BCUT2D eigenvalue weighted by Gasteiger charge is 2.34. The molecule has 2 amide bonds. The lowest BCUT2D eigenvalue weighted by atomic mass is 10.1. The zero-order valence-corrected chi connectivity index (χ0v) is 25.7. The summed E-state index contributed by atoms with van der Waals surface area (Å²) < 4.78 is 34.1. The Hall–Kier alpha value is -3.56. The van der Waals surface area contributed by atoms with Gasteiger partial charge >= 0.3 is 0 Å². The third-order valence-corrected chi connectivity index (χ3v) is 8.94. The zero-order valence-electron chi connectivity index (χ0n) is 24.1. The van der Waals surface area contributed by atoms with Crippen molar-refractivity contribution in [3.63, 3.8) is 0 Å². The van der Waals surface area contributed by atoms with Crippen LogP contribution < -0.4 is 14.4 Å². The number of hydrogen-bond donors (Lipinski definition) is 1. The second-order valence-electron chi connectivity index (χ2n) is 9.91. The molecular formula is C31H38ClN3O5S. The van der Waals surface area contributed by atoms with Crippen molar-refractivity contribution in [1.29, 1.82) is 0 Å². The highest BCUT2D eigenvalue weighted by molar-refractivity contribution is 7.92. The Balaban J connectivity index is 2.05. The van der Waals surface area contributed by atoms with Crippen LogP contribution in [-0.4, -0.2) is 50.9 Å². The van der Waals surface area contributed by atoms with Crippen molar-refractivity contribution in [1.82, 2.24) is 10.2 Å². The fourth-order valence-corrected chi connectivity index (χ4v) is 5.80. The highest BCUT2D eigenvalue weighted by atomic mass is 35.5. The monoisotopic (exact) mass is 599 g/mol. The van der Waals surface area contributed by atoms with Crippen molar-refractivity contribution in [3.8, 4) is 5.75 Å². The molecule has 0 bridgehead atoms. The molecule has 0 aromatic heterocycles. The molecule has 0 spiro atoms. The first-order valence-electron chi connectivity index (χ1n) is 13.6. The lowest BCUT2D eigenvalue weighted by Crippen LogP contribution is -2.53. The Bertz CT molecular complexity index is 1410. The van der Waals surface area contributed by atoms with Crippen LogP contribution in [0.5, 0.6) is 5.75 Å². The number of anilines is 1. The van der Waals surface area contributed by atoms with E-state index < -0.39 is 28.5 Å². The van der Waals surface area contributed by atoms with Gasteiger partial charge in [-0.15, -0.1) is 0 Å². The van der Waals surface area contributed by atoms with E-state index >= 15 is 0 Å². The van der Waals surface area contributed by atoms with Gasteiger partial charge in [0.2, 0.25) is 11.8 Å². The van der Waals surface area contributed by atoms with Crippen LogP contribution in [0.1, 0.15) is 44.7 Å². The molecule has 1 N–H and O–H groups in total. The van der Waals surface area contributed by atoms with Crippen molar-refractivity contribution in [2.24, 2.45) is 0 Å². The Kier molecular flexibility index (Phi) is 11.2. The Morgan fingerprint density at radius 1 is 0.927 bits per heavy atom. The molecule has 0 heterocycles. The third-order valence-electron chi connectivity index (χ3n) is 6.90. The standard InChI is InChI=1S/C31H38ClN3O5S/c1-6-23(4)33-31(37)29(7-2)34(20-24-10-16-27(40-5)17-11-24)30(36)21-35(26-14-8-22(3)9-15-26)41(38,39)28-18-12-25(32)13-19-28/h8-19,23,29H,6-7,20-21H2,1-5H3,(H,33,37)/t23-,29-/m1/s1. The molecule has 0 unspecified atom stereocenters. The van der Waals surface area contributed by atoms with Gasteiger partial charge in [0.05, 0.1) is 17.7 Å². The second-order valence-corrected chi connectivity index (χ2v) is 12.2. The Morgan fingerprint density at radius 2 is 1.54 bits per heavy atom. The van der Waals surface area contributed by atoms with Crippen LogP contribution in [0, 0.1) is 6.92 Å². The van der Waals surface area contributed by atoms with Gasteiger partial charge in [-0.1, -0.05) is 55.3 Å². The summed E-state index contributed by atoms with van der Waals surface area (Å²) in [7, 11) is -2.59. The van der Waals surface area contributed by atoms with E-state index in [9.17, 15) is 18.0 Å². The maximum atomic E-state index is 14.1. The molecular weight excluding hydrogens is 562 g/mol. The van der Waals surface area contributed by atoms with Gasteiger partial charge in [0, 0.05) is 17.6 Å². The van der Waals surface area contributed by atoms with Gasteiger partial charge in [0.15, 0.2) is 0 Å². The molecule has 0 radical (unpaired) electrons. The van der Waals surface area contributed by atoms with Crippen LogP contribution >= 0.6 is 11.6 Å². The minimum Gasteiger partial charge on any atom is -0.497 e. The first kappa shape index (κ1) is 32.0. The normalized spacial score (nSPS) is 12.7. The molecule has 0 saturated carbocycles. The molecule has 41 heavy (non-hydrogen) atoms. The van der Waals surface area contributed by atoms with Crippen LogP contribution in [0.15, 0.2) is 77.7 Å². The lowest BCUT2D eigenvalue weighted by molar-refractivity contribution is -0.140. The highest BCUT2D eigenvalue weighted by Crippen LogP contribution is 2.26. The number of amides is 2. The number of benzene rings is 3. The number of rotatable bonds is 13. The summed E-state index contributed by atoms with van der Waals surface area (Å²) in [6, 6.07) is 19.0. The summed E-state index contributed by atoms with van der Waals surface area (Å²) in [5.74, 6) is -0.135. The summed E-state index contributed by atoms with van der Waals surface area (Å²) in [5.41, 5.74) is 2.05. The number of carbonyl (C=O) groups excluding carboxylic acids is 2. The van der Waals surface area contributed by atoms with Crippen molar-refractivity contribution < 1.29 is 22.7 Å². The Morgan fingerprint density at radius 3 is 2.07 bits per heavy atom. The molecule has 0 saturated heterocycles. The quantitative estimate of drug-likeness (QED) is 0.277.